The van der Waals surface area contributed by atoms with Crippen molar-refractivity contribution in [3.63, 3.8) is 0 Å². The lowest BCUT2D eigenvalue weighted by Gasteiger charge is -2.37. The molecule has 0 spiro atoms. The molecule has 2 heterocycles. The van der Waals surface area contributed by atoms with Gasteiger partial charge >= 0.3 is 0 Å². The number of nitriles is 1. The summed E-state index contributed by atoms with van der Waals surface area (Å²) >= 11 is 0. The van der Waals surface area contributed by atoms with Gasteiger partial charge < -0.3 is 9.47 Å². The summed E-state index contributed by atoms with van der Waals surface area (Å²) in [6.07, 6.45) is 7.32. The van der Waals surface area contributed by atoms with Crippen molar-refractivity contribution in [3.05, 3.63) is 24.5 Å². The van der Waals surface area contributed by atoms with E-state index in [-0.39, 0.29) is 17.4 Å². The van der Waals surface area contributed by atoms with Crippen LogP contribution < -0.4 is 0 Å². The van der Waals surface area contributed by atoms with Gasteiger partial charge in [0.15, 0.2) is 0 Å². The molecule has 0 aliphatic carbocycles. The highest BCUT2D eigenvalue weighted by atomic mass is 16.2. The van der Waals surface area contributed by atoms with Crippen molar-refractivity contribution in [1.82, 2.24) is 9.47 Å². The molecule has 4 nitrogen and oxygen atoms in total. The molecule has 2 rings (SSSR count). The second-order valence-electron chi connectivity index (χ2n) is 5.93. The molecule has 1 amide bonds. The smallest absolute Gasteiger partial charge is 0.245 e. The highest BCUT2D eigenvalue weighted by molar-refractivity contribution is 5.80. The number of amides is 1. The molecular weight excluding hydrogens is 250 g/mol. The van der Waals surface area contributed by atoms with Crippen LogP contribution in [0, 0.1) is 16.7 Å². The Balaban J connectivity index is 2.05. The van der Waals surface area contributed by atoms with Crippen molar-refractivity contribution >= 4 is 5.91 Å². The summed E-state index contributed by atoms with van der Waals surface area (Å²) in [6, 6.07) is 6.20. The van der Waals surface area contributed by atoms with Gasteiger partial charge in [0.25, 0.3) is 0 Å². The van der Waals surface area contributed by atoms with E-state index >= 15 is 0 Å². The van der Waals surface area contributed by atoms with E-state index in [4.69, 9.17) is 5.26 Å². The average molecular weight is 273 g/mol. The first-order valence-corrected chi connectivity index (χ1v) is 7.42. The first-order chi connectivity index (χ1) is 9.59. The fourth-order valence-corrected chi connectivity index (χ4v) is 2.77. The topological polar surface area (TPSA) is 49.0 Å². The molecule has 1 atom stereocenters. The van der Waals surface area contributed by atoms with Crippen LogP contribution in [0.25, 0.3) is 0 Å². The second-order valence-corrected chi connectivity index (χ2v) is 5.93. The number of hydrogen-bond acceptors (Lipinski definition) is 2. The van der Waals surface area contributed by atoms with E-state index in [9.17, 15) is 4.79 Å². The van der Waals surface area contributed by atoms with Gasteiger partial charge in [0, 0.05) is 25.5 Å². The Morgan fingerprint density at radius 3 is 2.45 bits per heavy atom. The van der Waals surface area contributed by atoms with Crippen LogP contribution in [0.2, 0.25) is 0 Å². The lowest BCUT2D eigenvalue weighted by molar-refractivity contribution is -0.136. The molecule has 0 saturated carbocycles. The van der Waals surface area contributed by atoms with Crippen molar-refractivity contribution in [2.75, 3.05) is 13.1 Å². The lowest BCUT2D eigenvalue weighted by atomic mass is 9.82. The van der Waals surface area contributed by atoms with E-state index in [0.717, 1.165) is 25.7 Å². The van der Waals surface area contributed by atoms with Gasteiger partial charge in [-0.3, -0.25) is 4.79 Å². The fraction of sp³-hybridized carbons (Fsp3) is 0.625. The molecule has 0 radical (unpaired) electrons. The molecule has 0 bridgehead atoms. The van der Waals surface area contributed by atoms with Crippen LogP contribution in [0.1, 0.15) is 45.6 Å². The molecule has 4 heteroatoms. The van der Waals surface area contributed by atoms with Gasteiger partial charge in [-0.15, -0.1) is 0 Å². The molecule has 0 aromatic carbocycles. The third kappa shape index (κ3) is 3.04. The zero-order valence-corrected chi connectivity index (χ0v) is 12.4. The van der Waals surface area contributed by atoms with Gasteiger partial charge in [-0.05, 0) is 38.3 Å². The average Bonchev–Trinajstić information content (AvgIpc) is 2.99. The van der Waals surface area contributed by atoms with Crippen molar-refractivity contribution in [1.29, 1.82) is 5.26 Å². The van der Waals surface area contributed by atoms with Crippen molar-refractivity contribution in [2.45, 2.75) is 45.6 Å². The summed E-state index contributed by atoms with van der Waals surface area (Å²) in [6.45, 7) is 5.49. The fourth-order valence-electron chi connectivity index (χ4n) is 2.77. The van der Waals surface area contributed by atoms with Crippen LogP contribution in [-0.4, -0.2) is 28.5 Å². The second kappa shape index (κ2) is 6.13. The number of hydrogen-bond donors (Lipinski definition) is 0. The maximum atomic E-state index is 12.7. The van der Waals surface area contributed by atoms with Crippen molar-refractivity contribution in [3.8, 4) is 6.07 Å². The van der Waals surface area contributed by atoms with Crippen molar-refractivity contribution < 1.29 is 4.79 Å². The van der Waals surface area contributed by atoms with E-state index in [1.54, 1.807) is 0 Å². The standard InChI is InChI=1S/C16H23N3O/c1-3-6-14(18-9-4-5-10-18)15(20)19-11-7-16(2,13-17)8-12-19/h4-5,9-10,14H,3,6-8,11-12H2,1-2H3. The molecular formula is C16H23N3O. The molecule has 108 valence electrons. The van der Waals surface area contributed by atoms with Gasteiger partial charge in [0.05, 0.1) is 11.5 Å². The SMILES string of the molecule is CCCC(C(=O)N1CCC(C)(C#N)CC1)n1cccc1. The molecule has 1 aliphatic heterocycles. The first kappa shape index (κ1) is 14.6. The molecule has 1 fully saturated rings. The van der Waals surface area contributed by atoms with Crippen LogP contribution in [0.4, 0.5) is 0 Å². The summed E-state index contributed by atoms with van der Waals surface area (Å²) < 4.78 is 2.00. The predicted molar refractivity (Wildman–Crippen MR) is 77.9 cm³/mol. The molecule has 1 unspecified atom stereocenters. The summed E-state index contributed by atoms with van der Waals surface area (Å²) in [5, 5.41) is 9.16. The number of carbonyl (C=O) groups excluding carboxylic acids is 1. The molecule has 20 heavy (non-hydrogen) atoms. The Bertz CT molecular complexity index is 478. The Kier molecular flexibility index (Phi) is 4.49. The number of aromatic nitrogens is 1. The molecule has 0 N–H and O–H groups in total. The largest absolute Gasteiger partial charge is 0.342 e. The first-order valence-electron chi connectivity index (χ1n) is 7.42. The highest BCUT2D eigenvalue weighted by Gasteiger charge is 2.34. The number of carbonyl (C=O) groups is 1. The minimum absolute atomic E-state index is 0.0959. The lowest BCUT2D eigenvalue weighted by Crippen LogP contribution is -2.44. The van der Waals surface area contributed by atoms with Crippen LogP contribution in [0.3, 0.4) is 0 Å². The van der Waals surface area contributed by atoms with Gasteiger partial charge in [0.1, 0.15) is 6.04 Å². The number of rotatable bonds is 4. The number of nitrogens with zero attached hydrogens (tertiary/aromatic N) is 3. The van der Waals surface area contributed by atoms with Gasteiger partial charge in [-0.2, -0.15) is 5.26 Å². The maximum Gasteiger partial charge on any atom is 0.245 e. The van der Waals surface area contributed by atoms with Crippen molar-refractivity contribution in [2.24, 2.45) is 5.41 Å². The maximum absolute atomic E-state index is 12.7. The molecule has 1 aliphatic rings. The molecule has 1 aromatic rings. The summed E-state index contributed by atoms with van der Waals surface area (Å²) in [5.41, 5.74) is -0.259. The Hall–Kier alpha value is -1.76. The van der Waals surface area contributed by atoms with E-state index < -0.39 is 0 Å². The monoisotopic (exact) mass is 273 g/mol. The normalized spacial score (nSPS) is 19.4. The number of piperidine rings is 1. The van der Waals surface area contributed by atoms with Crippen LogP contribution in [-0.2, 0) is 4.79 Å². The summed E-state index contributed by atoms with van der Waals surface area (Å²) in [7, 11) is 0. The van der Waals surface area contributed by atoms with E-state index in [1.165, 1.54) is 0 Å². The quantitative estimate of drug-likeness (QED) is 0.846. The van der Waals surface area contributed by atoms with E-state index in [1.807, 2.05) is 40.9 Å². The third-order valence-electron chi connectivity index (χ3n) is 4.28. The van der Waals surface area contributed by atoms with Gasteiger partial charge in [-0.25, -0.2) is 0 Å². The zero-order valence-electron chi connectivity index (χ0n) is 12.4. The Morgan fingerprint density at radius 2 is 1.95 bits per heavy atom. The van der Waals surface area contributed by atoms with Gasteiger partial charge in [0.2, 0.25) is 5.91 Å². The summed E-state index contributed by atoms with van der Waals surface area (Å²) in [4.78, 5) is 14.6. The summed E-state index contributed by atoms with van der Waals surface area (Å²) in [5.74, 6) is 0.197. The van der Waals surface area contributed by atoms with Crippen LogP contribution in [0.15, 0.2) is 24.5 Å². The Labute approximate surface area is 121 Å². The predicted octanol–water partition coefficient (Wildman–Crippen LogP) is 2.98. The third-order valence-corrected chi connectivity index (χ3v) is 4.28. The zero-order chi connectivity index (χ0) is 14.6. The molecule has 1 saturated heterocycles. The van der Waals surface area contributed by atoms with Gasteiger partial charge in [-0.1, -0.05) is 13.3 Å². The Morgan fingerprint density at radius 1 is 1.35 bits per heavy atom. The van der Waals surface area contributed by atoms with Crippen LogP contribution >= 0.6 is 0 Å². The molecule has 1 aromatic heterocycles. The van der Waals surface area contributed by atoms with Crippen LogP contribution in [0.5, 0.6) is 0 Å². The number of likely N-dealkylation sites (tertiary alicyclic amines) is 1. The van der Waals surface area contributed by atoms with E-state index in [2.05, 4.69) is 13.0 Å². The highest BCUT2D eigenvalue weighted by Crippen LogP contribution is 2.31. The minimum Gasteiger partial charge on any atom is -0.342 e. The van der Waals surface area contributed by atoms with E-state index in [0.29, 0.717) is 13.1 Å². The minimum atomic E-state index is -0.259.